The van der Waals surface area contributed by atoms with Crippen molar-refractivity contribution < 1.29 is 9.18 Å². The van der Waals surface area contributed by atoms with E-state index in [9.17, 15) is 9.18 Å². The van der Waals surface area contributed by atoms with E-state index in [1.165, 1.54) is 29.1 Å². The van der Waals surface area contributed by atoms with Crippen molar-refractivity contribution in [1.29, 1.82) is 0 Å². The Balaban J connectivity index is 1.73. The number of hydrogen-bond acceptors (Lipinski definition) is 4. The number of piperidine rings is 1. The smallest absolute Gasteiger partial charge is 0.193 e. The Morgan fingerprint density at radius 2 is 1.77 bits per heavy atom. The van der Waals surface area contributed by atoms with Gasteiger partial charge in [0, 0.05) is 22.4 Å². The fourth-order valence-electron chi connectivity index (χ4n) is 3.66. The second-order valence-electron chi connectivity index (χ2n) is 6.98. The van der Waals surface area contributed by atoms with Crippen LogP contribution in [0.4, 0.5) is 4.39 Å². The Morgan fingerprint density at radius 1 is 1.12 bits per heavy atom. The first kappa shape index (κ1) is 16.7. The summed E-state index contributed by atoms with van der Waals surface area (Å²) in [5, 5.41) is 5.46. The number of ketones is 1. The number of nitrogen functional groups attached to an aromatic ring is 1. The van der Waals surface area contributed by atoms with Crippen molar-refractivity contribution in [1.82, 2.24) is 14.8 Å². The topological polar surface area (TPSA) is 64.2 Å². The molecule has 26 heavy (non-hydrogen) atoms. The molecule has 2 N–H and O–H groups in total. The molecule has 0 aliphatic carbocycles. The van der Waals surface area contributed by atoms with Crippen LogP contribution in [-0.4, -0.2) is 40.7 Å². The van der Waals surface area contributed by atoms with Gasteiger partial charge in [-0.1, -0.05) is 0 Å². The average Bonchev–Trinajstić information content (AvgIpc) is 2.98. The zero-order chi connectivity index (χ0) is 18.3. The maximum Gasteiger partial charge on any atom is 0.193 e. The molecule has 134 valence electrons. The van der Waals surface area contributed by atoms with Crippen LogP contribution in [0.2, 0.25) is 0 Å². The maximum atomic E-state index is 13.1. The van der Waals surface area contributed by atoms with Crippen LogP contribution in [0.25, 0.3) is 10.9 Å². The van der Waals surface area contributed by atoms with Crippen LogP contribution in [0.3, 0.4) is 0 Å². The van der Waals surface area contributed by atoms with Crippen LogP contribution >= 0.6 is 0 Å². The summed E-state index contributed by atoms with van der Waals surface area (Å²) in [5.74, 6) is 5.89. The maximum absolute atomic E-state index is 13.1. The fourth-order valence-corrected chi connectivity index (χ4v) is 3.66. The number of benzene rings is 2. The van der Waals surface area contributed by atoms with E-state index in [4.69, 9.17) is 5.84 Å². The molecule has 3 aromatic rings. The lowest BCUT2D eigenvalue weighted by Crippen LogP contribution is -2.29. The number of rotatable bonds is 3. The summed E-state index contributed by atoms with van der Waals surface area (Å²) in [4.78, 5) is 16.5. The van der Waals surface area contributed by atoms with Crippen molar-refractivity contribution >= 4 is 16.7 Å². The third kappa shape index (κ3) is 2.97. The molecule has 0 amide bonds. The highest BCUT2D eigenvalue weighted by Crippen LogP contribution is 2.32. The molecule has 4 rings (SSSR count). The number of aromatic nitrogens is 2. The second kappa shape index (κ2) is 6.53. The van der Waals surface area contributed by atoms with Gasteiger partial charge in [-0.3, -0.25) is 4.79 Å². The Kier molecular flexibility index (Phi) is 4.20. The third-order valence-corrected chi connectivity index (χ3v) is 5.21. The van der Waals surface area contributed by atoms with Gasteiger partial charge < -0.3 is 10.7 Å². The molecule has 2 heterocycles. The van der Waals surface area contributed by atoms with E-state index in [0.717, 1.165) is 42.5 Å². The normalized spacial score (nSPS) is 16.2. The molecule has 5 nitrogen and oxygen atoms in total. The molecule has 0 spiro atoms. The van der Waals surface area contributed by atoms with Gasteiger partial charge in [-0.2, -0.15) is 9.89 Å². The van der Waals surface area contributed by atoms with Gasteiger partial charge in [-0.05, 0) is 75.4 Å². The minimum Gasteiger partial charge on any atom is -0.323 e. The van der Waals surface area contributed by atoms with Crippen LogP contribution in [0.5, 0.6) is 0 Å². The Bertz CT molecular complexity index is 956. The van der Waals surface area contributed by atoms with Crippen LogP contribution < -0.4 is 5.84 Å². The lowest BCUT2D eigenvalue weighted by molar-refractivity contribution is 0.103. The van der Waals surface area contributed by atoms with Crippen LogP contribution in [0.15, 0.2) is 42.5 Å². The van der Waals surface area contributed by atoms with Crippen molar-refractivity contribution in [3.8, 4) is 0 Å². The van der Waals surface area contributed by atoms with E-state index in [-0.39, 0.29) is 11.6 Å². The summed E-state index contributed by atoms with van der Waals surface area (Å²) >= 11 is 0. The Hall–Kier alpha value is -2.73. The number of hydrogen-bond donors (Lipinski definition) is 1. The van der Waals surface area contributed by atoms with Crippen molar-refractivity contribution in [2.24, 2.45) is 0 Å². The largest absolute Gasteiger partial charge is 0.323 e. The van der Waals surface area contributed by atoms with Gasteiger partial charge in [0.1, 0.15) is 5.82 Å². The summed E-state index contributed by atoms with van der Waals surface area (Å²) in [7, 11) is 2.12. The lowest BCUT2D eigenvalue weighted by Gasteiger charge is -2.28. The molecule has 1 aliphatic heterocycles. The number of carbonyl (C=O) groups is 1. The predicted octanol–water partition coefficient (Wildman–Crippen LogP) is 2.93. The van der Waals surface area contributed by atoms with E-state index in [1.54, 1.807) is 6.07 Å². The molecular weight excluding hydrogens is 331 g/mol. The minimum atomic E-state index is -0.356. The van der Waals surface area contributed by atoms with Crippen LogP contribution in [0, 0.1) is 5.82 Å². The molecule has 1 saturated heterocycles. The standard InChI is InChI=1S/C20H21FN4O/c1-24-10-8-13(9-11-24)19-17-12-15(4-7-18(17)25(22)23-19)20(26)14-2-5-16(21)6-3-14/h2-7,12-13H,8-11,22H2,1H3. The van der Waals surface area contributed by atoms with Crippen molar-refractivity contribution in [3.05, 3.63) is 65.1 Å². The number of carbonyl (C=O) groups excluding carboxylic acids is 1. The molecule has 2 aromatic carbocycles. The Morgan fingerprint density at radius 3 is 2.46 bits per heavy atom. The third-order valence-electron chi connectivity index (χ3n) is 5.21. The highest BCUT2D eigenvalue weighted by molar-refractivity contribution is 6.10. The first-order valence-corrected chi connectivity index (χ1v) is 8.79. The van der Waals surface area contributed by atoms with Gasteiger partial charge in [0.15, 0.2) is 5.78 Å². The van der Waals surface area contributed by atoms with E-state index >= 15 is 0 Å². The first-order chi connectivity index (χ1) is 12.5. The summed E-state index contributed by atoms with van der Waals surface area (Å²) in [6.45, 7) is 2.05. The lowest BCUT2D eigenvalue weighted by atomic mass is 9.91. The van der Waals surface area contributed by atoms with Crippen LogP contribution in [-0.2, 0) is 0 Å². The number of fused-ring (bicyclic) bond motifs is 1. The zero-order valence-electron chi connectivity index (χ0n) is 14.7. The van der Waals surface area contributed by atoms with Crippen molar-refractivity contribution in [2.45, 2.75) is 18.8 Å². The van der Waals surface area contributed by atoms with Gasteiger partial charge in [-0.15, -0.1) is 0 Å². The monoisotopic (exact) mass is 352 g/mol. The van der Waals surface area contributed by atoms with E-state index in [0.29, 0.717) is 17.0 Å². The van der Waals surface area contributed by atoms with E-state index < -0.39 is 0 Å². The van der Waals surface area contributed by atoms with Gasteiger partial charge in [0.05, 0.1) is 11.2 Å². The van der Waals surface area contributed by atoms with Crippen molar-refractivity contribution in [2.75, 3.05) is 26.0 Å². The SMILES string of the molecule is CN1CCC(c2nn(N)c3ccc(C(=O)c4ccc(F)cc4)cc23)CC1. The molecule has 0 bridgehead atoms. The summed E-state index contributed by atoms with van der Waals surface area (Å²) < 4.78 is 13.1. The summed E-state index contributed by atoms with van der Waals surface area (Å²) in [5.41, 5.74) is 2.80. The molecule has 1 aliphatic rings. The fraction of sp³-hybridized carbons (Fsp3) is 0.300. The number of nitrogens with two attached hydrogens (primary N) is 1. The zero-order valence-corrected chi connectivity index (χ0v) is 14.7. The molecular formula is C20H21FN4O. The first-order valence-electron chi connectivity index (χ1n) is 8.79. The average molecular weight is 352 g/mol. The van der Waals surface area contributed by atoms with Crippen LogP contribution in [0.1, 0.15) is 40.4 Å². The van der Waals surface area contributed by atoms with Gasteiger partial charge in [-0.25, -0.2) is 4.39 Å². The minimum absolute atomic E-state index is 0.133. The highest BCUT2D eigenvalue weighted by Gasteiger charge is 2.24. The van der Waals surface area contributed by atoms with E-state index in [2.05, 4.69) is 17.0 Å². The molecule has 0 saturated carbocycles. The molecule has 1 fully saturated rings. The second-order valence-corrected chi connectivity index (χ2v) is 6.98. The molecule has 0 unspecified atom stereocenters. The molecule has 0 atom stereocenters. The quantitative estimate of drug-likeness (QED) is 0.581. The van der Waals surface area contributed by atoms with Gasteiger partial charge >= 0.3 is 0 Å². The molecule has 6 heteroatoms. The van der Waals surface area contributed by atoms with Gasteiger partial charge in [0.25, 0.3) is 0 Å². The number of halogens is 1. The number of nitrogens with zero attached hydrogens (tertiary/aromatic N) is 3. The van der Waals surface area contributed by atoms with E-state index in [1.807, 2.05) is 12.1 Å². The summed E-state index contributed by atoms with van der Waals surface area (Å²) in [6, 6.07) is 11.1. The summed E-state index contributed by atoms with van der Waals surface area (Å²) in [6.07, 6.45) is 2.05. The van der Waals surface area contributed by atoms with Gasteiger partial charge in [0.2, 0.25) is 0 Å². The Labute approximate surface area is 151 Å². The number of likely N-dealkylation sites (tertiary alicyclic amines) is 1. The highest BCUT2D eigenvalue weighted by atomic mass is 19.1. The predicted molar refractivity (Wildman–Crippen MR) is 99.2 cm³/mol. The molecule has 0 radical (unpaired) electrons. The van der Waals surface area contributed by atoms with Crippen molar-refractivity contribution in [3.63, 3.8) is 0 Å². The molecule has 1 aromatic heterocycles.